The van der Waals surface area contributed by atoms with E-state index in [1.54, 1.807) is 49.4 Å². The van der Waals surface area contributed by atoms with E-state index in [0.717, 1.165) is 16.1 Å². The smallest absolute Gasteiger partial charge is 0.244 e. The second-order valence-corrected chi connectivity index (χ2v) is 12.3. The maximum atomic E-state index is 13.7. The number of hydrogen-bond donors (Lipinski definition) is 1. The van der Waals surface area contributed by atoms with Crippen molar-refractivity contribution in [3.63, 3.8) is 0 Å². The van der Waals surface area contributed by atoms with Gasteiger partial charge in [0.15, 0.2) is 0 Å². The summed E-state index contributed by atoms with van der Waals surface area (Å²) in [6.45, 7) is 8.78. The number of benzene rings is 2. The minimum atomic E-state index is -3.79. The molecular formula is C25H33Cl2N3O4S. The molecule has 2 aromatic rings. The third-order valence-electron chi connectivity index (χ3n) is 5.24. The summed E-state index contributed by atoms with van der Waals surface area (Å²) in [5, 5.41) is 3.71. The van der Waals surface area contributed by atoms with Crippen LogP contribution in [0.2, 0.25) is 10.0 Å². The molecule has 10 heteroatoms. The highest BCUT2D eigenvalue weighted by atomic mass is 35.5. The van der Waals surface area contributed by atoms with E-state index in [4.69, 9.17) is 23.2 Å². The van der Waals surface area contributed by atoms with Crippen molar-refractivity contribution in [3.8, 4) is 0 Å². The van der Waals surface area contributed by atoms with Gasteiger partial charge in [0.2, 0.25) is 21.8 Å². The highest BCUT2D eigenvalue weighted by Gasteiger charge is 2.33. The van der Waals surface area contributed by atoms with Gasteiger partial charge in [0.1, 0.15) is 12.6 Å². The predicted octanol–water partition coefficient (Wildman–Crippen LogP) is 4.79. The highest BCUT2D eigenvalue weighted by molar-refractivity contribution is 7.92. The van der Waals surface area contributed by atoms with E-state index in [2.05, 4.69) is 5.32 Å². The van der Waals surface area contributed by atoms with Gasteiger partial charge in [-0.25, -0.2) is 8.42 Å². The Balaban J connectivity index is 2.48. The Kier molecular flexibility index (Phi) is 9.62. The van der Waals surface area contributed by atoms with E-state index >= 15 is 0 Å². The zero-order chi connectivity index (χ0) is 26.6. The van der Waals surface area contributed by atoms with Crippen LogP contribution in [0, 0.1) is 6.92 Å². The summed E-state index contributed by atoms with van der Waals surface area (Å²) in [4.78, 5) is 28.2. The van der Waals surface area contributed by atoms with Crippen molar-refractivity contribution in [2.75, 3.05) is 17.1 Å². The standard InChI is InChI=1S/C25H33Cl2N3O4S/c1-7-22(24(32)28-25(3,4)5)29(15-18-10-11-19(26)14-21(18)27)23(31)16-30(35(6,33)34)20-12-8-17(2)9-13-20/h8-14,22H,7,15-16H2,1-6H3,(H,28,32)/t22-/m1/s1. The number of nitrogens with one attached hydrogen (secondary N) is 1. The lowest BCUT2D eigenvalue weighted by Crippen LogP contribution is -2.55. The molecule has 0 aliphatic rings. The zero-order valence-electron chi connectivity index (χ0n) is 20.9. The number of sulfonamides is 1. The highest BCUT2D eigenvalue weighted by Crippen LogP contribution is 2.25. The third kappa shape index (κ3) is 8.40. The minimum absolute atomic E-state index is 0.0103. The number of hydrogen-bond acceptors (Lipinski definition) is 4. The van der Waals surface area contributed by atoms with Gasteiger partial charge in [-0.3, -0.25) is 13.9 Å². The Morgan fingerprint density at radius 2 is 1.66 bits per heavy atom. The fourth-order valence-corrected chi connectivity index (χ4v) is 4.85. The molecule has 0 saturated carbocycles. The van der Waals surface area contributed by atoms with Gasteiger partial charge in [0, 0.05) is 22.1 Å². The second kappa shape index (κ2) is 11.6. The topological polar surface area (TPSA) is 86.8 Å². The quantitative estimate of drug-likeness (QED) is 0.494. The van der Waals surface area contributed by atoms with Crippen molar-refractivity contribution >= 4 is 50.7 Å². The third-order valence-corrected chi connectivity index (χ3v) is 6.97. The van der Waals surface area contributed by atoms with Crippen LogP contribution in [0.5, 0.6) is 0 Å². The average molecular weight is 543 g/mol. The number of rotatable bonds is 9. The lowest BCUT2D eigenvalue weighted by molar-refractivity contribution is -0.141. The van der Waals surface area contributed by atoms with Crippen molar-refractivity contribution < 1.29 is 18.0 Å². The lowest BCUT2D eigenvalue weighted by Gasteiger charge is -2.34. The van der Waals surface area contributed by atoms with Crippen LogP contribution in [0.3, 0.4) is 0 Å². The van der Waals surface area contributed by atoms with Crippen LogP contribution in [0.25, 0.3) is 0 Å². The van der Waals surface area contributed by atoms with E-state index in [1.165, 1.54) is 4.90 Å². The van der Waals surface area contributed by atoms with Gasteiger partial charge in [-0.15, -0.1) is 0 Å². The molecule has 35 heavy (non-hydrogen) atoms. The molecule has 2 amide bonds. The van der Waals surface area contributed by atoms with Crippen LogP contribution < -0.4 is 9.62 Å². The summed E-state index contributed by atoms with van der Waals surface area (Å²) in [7, 11) is -3.79. The Labute approximate surface area is 218 Å². The molecule has 0 unspecified atom stereocenters. The van der Waals surface area contributed by atoms with E-state index in [1.807, 2.05) is 27.7 Å². The first-order chi connectivity index (χ1) is 16.1. The van der Waals surface area contributed by atoms with E-state index in [0.29, 0.717) is 27.7 Å². The summed E-state index contributed by atoms with van der Waals surface area (Å²) in [6, 6.07) is 10.9. The second-order valence-electron chi connectivity index (χ2n) is 9.53. The molecule has 0 saturated heterocycles. The van der Waals surface area contributed by atoms with Crippen LogP contribution >= 0.6 is 23.2 Å². The first kappa shape index (κ1) is 28.9. The van der Waals surface area contributed by atoms with Crippen molar-refractivity contribution in [1.82, 2.24) is 10.2 Å². The molecule has 0 radical (unpaired) electrons. The Morgan fingerprint density at radius 3 is 2.14 bits per heavy atom. The monoisotopic (exact) mass is 541 g/mol. The number of carbonyl (C=O) groups is 2. The van der Waals surface area contributed by atoms with Gasteiger partial charge in [0.25, 0.3) is 0 Å². The predicted molar refractivity (Wildman–Crippen MR) is 142 cm³/mol. The van der Waals surface area contributed by atoms with Gasteiger partial charge in [-0.05, 0) is 63.9 Å². The number of carbonyl (C=O) groups excluding carboxylic acids is 2. The molecule has 0 spiro atoms. The number of amides is 2. The number of anilines is 1. The van der Waals surface area contributed by atoms with Crippen molar-refractivity contribution in [1.29, 1.82) is 0 Å². The van der Waals surface area contributed by atoms with E-state index < -0.39 is 34.1 Å². The molecule has 1 atom stereocenters. The molecule has 1 N–H and O–H groups in total. The van der Waals surface area contributed by atoms with Crippen LogP contribution in [-0.4, -0.2) is 49.5 Å². The Hall–Kier alpha value is -2.29. The van der Waals surface area contributed by atoms with Crippen LogP contribution in [0.4, 0.5) is 5.69 Å². The summed E-state index contributed by atoms with van der Waals surface area (Å²) >= 11 is 12.4. The normalized spacial score (nSPS) is 12.7. The van der Waals surface area contributed by atoms with Gasteiger partial charge in [0.05, 0.1) is 11.9 Å². The average Bonchev–Trinajstić information content (AvgIpc) is 2.72. The van der Waals surface area contributed by atoms with Gasteiger partial charge in [-0.1, -0.05) is 53.9 Å². The van der Waals surface area contributed by atoms with Gasteiger partial charge < -0.3 is 10.2 Å². The molecule has 2 aromatic carbocycles. The Morgan fingerprint density at radius 1 is 1.06 bits per heavy atom. The summed E-state index contributed by atoms with van der Waals surface area (Å²) < 4.78 is 26.3. The maximum absolute atomic E-state index is 13.7. The van der Waals surface area contributed by atoms with Crippen molar-refractivity contribution in [3.05, 3.63) is 63.6 Å². The fourth-order valence-electron chi connectivity index (χ4n) is 3.53. The first-order valence-electron chi connectivity index (χ1n) is 11.2. The van der Waals surface area contributed by atoms with Gasteiger partial charge >= 0.3 is 0 Å². The maximum Gasteiger partial charge on any atom is 0.244 e. The SMILES string of the molecule is CC[C@H](C(=O)NC(C)(C)C)N(Cc1ccc(Cl)cc1Cl)C(=O)CN(c1ccc(C)cc1)S(C)(=O)=O. The summed E-state index contributed by atoms with van der Waals surface area (Å²) in [6.07, 6.45) is 1.37. The van der Waals surface area contributed by atoms with Crippen LogP contribution in [0.15, 0.2) is 42.5 Å². The van der Waals surface area contributed by atoms with Crippen molar-refractivity contribution in [2.24, 2.45) is 0 Å². The molecule has 0 aliphatic carbocycles. The number of nitrogens with zero attached hydrogens (tertiary/aromatic N) is 2. The molecule has 192 valence electrons. The molecule has 0 bridgehead atoms. The molecule has 0 aromatic heterocycles. The van der Waals surface area contributed by atoms with E-state index in [9.17, 15) is 18.0 Å². The first-order valence-corrected chi connectivity index (χ1v) is 13.8. The molecule has 0 heterocycles. The zero-order valence-corrected chi connectivity index (χ0v) is 23.3. The molecule has 0 fully saturated rings. The largest absolute Gasteiger partial charge is 0.350 e. The molecule has 2 rings (SSSR count). The van der Waals surface area contributed by atoms with Gasteiger partial charge in [-0.2, -0.15) is 0 Å². The minimum Gasteiger partial charge on any atom is -0.350 e. The molecule has 7 nitrogen and oxygen atoms in total. The van der Waals surface area contributed by atoms with Crippen molar-refractivity contribution in [2.45, 2.75) is 59.2 Å². The van der Waals surface area contributed by atoms with Crippen LogP contribution in [0.1, 0.15) is 45.2 Å². The van der Waals surface area contributed by atoms with E-state index in [-0.39, 0.29) is 12.5 Å². The summed E-state index contributed by atoms with van der Waals surface area (Å²) in [5.41, 5.74) is 1.39. The summed E-state index contributed by atoms with van der Waals surface area (Å²) in [5.74, 6) is -0.863. The number of aryl methyl sites for hydroxylation is 1. The lowest BCUT2D eigenvalue weighted by atomic mass is 10.1. The Bertz CT molecular complexity index is 1160. The van der Waals surface area contributed by atoms with Crippen LogP contribution in [-0.2, 0) is 26.2 Å². The molecular weight excluding hydrogens is 509 g/mol. The molecule has 0 aliphatic heterocycles. The number of halogens is 2. The fraction of sp³-hybridized carbons (Fsp3) is 0.440.